The Kier molecular flexibility index (Phi) is 6.51. The number of nitrogens with zero attached hydrogens (tertiary/aromatic N) is 1. The molecule has 156 valence electrons. The normalized spacial score (nSPS) is 20.1. The van der Waals surface area contributed by atoms with Gasteiger partial charge < -0.3 is 0 Å². The highest BCUT2D eigenvalue weighted by molar-refractivity contribution is 7.92. The standard InChI is InChI=1S/C20H30N2O4S2/c1-16-15-20(28(25,26)21-11-10-18-8-4-3-5-9-18)17(2)14-19(16)22-12-6-7-13-27(22,23)24/h8,14-15,21H,3-7,9-13H2,1-2H3. The van der Waals surface area contributed by atoms with Crippen molar-refractivity contribution in [1.29, 1.82) is 0 Å². The third kappa shape index (κ3) is 4.78. The topological polar surface area (TPSA) is 83.6 Å². The first-order valence-electron chi connectivity index (χ1n) is 10.00. The Balaban J connectivity index is 1.78. The summed E-state index contributed by atoms with van der Waals surface area (Å²) in [5.41, 5.74) is 3.13. The molecule has 1 saturated heterocycles. The fourth-order valence-corrected chi connectivity index (χ4v) is 6.98. The molecule has 0 spiro atoms. The van der Waals surface area contributed by atoms with Gasteiger partial charge in [-0.15, -0.1) is 0 Å². The first-order valence-corrected chi connectivity index (χ1v) is 13.1. The van der Waals surface area contributed by atoms with Gasteiger partial charge in [-0.1, -0.05) is 11.6 Å². The second-order valence-electron chi connectivity index (χ2n) is 7.76. The molecule has 1 N–H and O–H groups in total. The quantitative estimate of drug-likeness (QED) is 0.707. The maximum absolute atomic E-state index is 12.8. The molecule has 3 rings (SSSR count). The lowest BCUT2D eigenvalue weighted by Crippen LogP contribution is -2.38. The molecule has 0 unspecified atom stereocenters. The van der Waals surface area contributed by atoms with Gasteiger partial charge in [-0.05, 0) is 82.1 Å². The van der Waals surface area contributed by atoms with E-state index in [0.29, 0.717) is 36.3 Å². The van der Waals surface area contributed by atoms with Crippen molar-refractivity contribution in [1.82, 2.24) is 4.72 Å². The first kappa shape index (κ1) is 21.3. The SMILES string of the molecule is Cc1cc(S(=O)(=O)NCCC2=CCCCC2)c(C)cc1N1CCCCS1(=O)=O. The molecule has 1 aliphatic heterocycles. The van der Waals surface area contributed by atoms with Crippen LogP contribution in [-0.2, 0) is 20.0 Å². The lowest BCUT2D eigenvalue weighted by Gasteiger charge is -2.30. The third-order valence-electron chi connectivity index (χ3n) is 5.52. The molecule has 0 aromatic heterocycles. The Hall–Kier alpha value is -1.38. The average molecular weight is 427 g/mol. The number of nitrogens with one attached hydrogen (secondary N) is 1. The van der Waals surface area contributed by atoms with Gasteiger partial charge in [0.05, 0.1) is 16.3 Å². The Morgan fingerprint density at radius 2 is 1.86 bits per heavy atom. The molecule has 6 nitrogen and oxygen atoms in total. The minimum Gasteiger partial charge on any atom is -0.270 e. The highest BCUT2D eigenvalue weighted by Gasteiger charge is 2.28. The van der Waals surface area contributed by atoms with Crippen molar-refractivity contribution in [2.45, 2.75) is 63.7 Å². The number of aryl methyl sites for hydroxylation is 2. The van der Waals surface area contributed by atoms with Gasteiger partial charge in [-0.3, -0.25) is 4.31 Å². The summed E-state index contributed by atoms with van der Waals surface area (Å²) in [6.07, 6.45) is 8.98. The van der Waals surface area contributed by atoms with Crippen molar-refractivity contribution >= 4 is 25.7 Å². The largest absolute Gasteiger partial charge is 0.270 e. The van der Waals surface area contributed by atoms with E-state index < -0.39 is 20.0 Å². The van der Waals surface area contributed by atoms with E-state index in [1.54, 1.807) is 26.0 Å². The van der Waals surface area contributed by atoms with Crippen LogP contribution in [0.5, 0.6) is 0 Å². The molecule has 0 bridgehead atoms. The smallest absolute Gasteiger partial charge is 0.240 e. The van der Waals surface area contributed by atoms with Gasteiger partial charge in [-0.25, -0.2) is 21.6 Å². The van der Waals surface area contributed by atoms with E-state index in [-0.39, 0.29) is 10.6 Å². The molecule has 1 aromatic carbocycles. The molecular weight excluding hydrogens is 396 g/mol. The Morgan fingerprint density at radius 3 is 2.54 bits per heavy atom. The van der Waals surface area contributed by atoms with Crippen molar-refractivity contribution < 1.29 is 16.8 Å². The highest BCUT2D eigenvalue weighted by atomic mass is 32.2. The van der Waals surface area contributed by atoms with E-state index in [0.717, 1.165) is 25.7 Å². The number of benzene rings is 1. The van der Waals surface area contributed by atoms with Gasteiger partial charge in [-0.2, -0.15) is 0 Å². The minimum atomic E-state index is -3.64. The zero-order valence-electron chi connectivity index (χ0n) is 16.7. The fraction of sp³-hybridized carbons (Fsp3) is 0.600. The molecule has 28 heavy (non-hydrogen) atoms. The zero-order chi connectivity index (χ0) is 20.4. The van der Waals surface area contributed by atoms with Crippen LogP contribution in [0.1, 0.15) is 56.1 Å². The molecule has 1 heterocycles. The number of rotatable bonds is 6. The molecule has 0 radical (unpaired) electrons. The summed E-state index contributed by atoms with van der Waals surface area (Å²) >= 11 is 0. The lowest BCUT2D eigenvalue weighted by molar-refractivity contribution is 0.574. The summed E-state index contributed by atoms with van der Waals surface area (Å²) in [6.45, 7) is 4.32. The number of allylic oxidation sites excluding steroid dienone is 1. The van der Waals surface area contributed by atoms with E-state index in [2.05, 4.69) is 10.8 Å². The molecular formula is C20H30N2O4S2. The molecule has 0 saturated carbocycles. The third-order valence-corrected chi connectivity index (χ3v) is 8.98. The first-order chi connectivity index (χ1) is 13.2. The molecule has 1 aromatic rings. The van der Waals surface area contributed by atoms with Gasteiger partial charge in [0.25, 0.3) is 0 Å². The Bertz CT molecular complexity index is 966. The van der Waals surface area contributed by atoms with Gasteiger partial charge >= 0.3 is 0 Å². The molecule has 8 heteroatoms. The van der Waals surface area contributed by atoms with E-state index in [1.165, 1.54) is 22.7 Å². The number of sulfonamides is 2. The van der Waals surface area contributed by atoms with Crippen molar-refractivity contribution in [3.63, 3.8) is 0 Å². The van der Waals surface area contributed by atoms with Crippen LogP contribution in [-0.4, -0.2) is 35.7 Å². The zero-order valence-corrected chi connectivity index (χ0v) is 18.3. The van der Waals surface area contributed by atoms with Crippen molar-refractivity contribution in [2.75, 3.05) is 23.1 Å². The van der Waals surface area contributed by atoms with E-state index in [9.17, 15) is 16.8 Å². The van der Waals surface area contributed by atoms with Crippen LogP contribution in [0.4, 0.5) is 5.69 Å². The van der Waals surface area contributed by atoms with Crippen LogP contribution in [0.2, 0.25) is 0 Å². The number of hydrogen-bond acceptors (Lipinski definition) is 4. The molecule has 0 atom stereocenters. The van der Waals surface area contributed by atoms with Crippen LogP contribution in [0.3, 0.4) is 0 Å². The second-order valence-corrected chi connectivity index (χ2v) is 11.5. The van der Waals surface area contributed by atoms with Gasteiger partial charge in [0, 0.05) is 13.1 Å². The van der Waals surface area contributed by atoms with Crippen molar-refractivity contribution in [3.05, 3.63) is 34.9 Å². The maximum atomic E-state index is 12.8. The van der Waals surface area contributed by atoms with Gasteiger partial charge in [0.1, 0.15) is 0 Å². The molecule has 0 amide bonds. The van der Waals surface area contributed by atoms with Crippen molar-refractivity contribution in [2.24, 2.45) is 0 Å². The summed E-state index contributed by atoms with van der Waals surface area (Å²) in [5.74, 6) is 0.142. The molecule has 2 aliphatic rings. The Morgan fingerprint density at radius 1 is 1.07 bits per heavy atom. The predicted octanol–water partition coefficient (Wildman–Crippen LogP) is 3.40. The van der Waals surface area contributed by atoms with Crippen LogP contribution in [0, 0.1) is 13.8 Å². The van der Waals surface area contributed by atoms with Gasteiger partial charge in [0.2, 0.25) is 20.0 Å². The molecule has 1 aliphatic carbocycles. The number of anilines is 1. The predicted molar refractivity (Wildman–Crippen MR) is 113 cm³/mol. The van der Waals surface area contributed by atoms with Crippen molar-refractivity contribution in [3.8, 4) is 0 Å². The van der Waals surface area contributed by atoms with Crippen LogP contribution in [0.25, 0.3) is 0 Å². The van der Waals surface area contributed by atoms with Crippen LogP contribution < -0.4 is 9.03 Å². The summed E-state index contributed by atoms with van der Waals surface area (Å²) in [6, 6.07) is 3.29. The average Bonchev–Trinajstić information content (AvgIpc) is 2.64. The fourth-order valence-electron chi connectivity index (χ4n) is 3.95. The minimum absolute atomic E-state index is 0.142. The second kappa shape index (κ2) is 8.55. The summed E-state index contributed by atoms with van der Waals surface area (Å²) in [5, 5.41) is 0. The maximum Gasteiger partial charge on any atom is 0.240 e. The highest BCUT2D eigenvalue weighted by Crippen LogP contribution is 2.31. The number of hydrogen-bond donors (Lipinski definition) is 1. The van der Waals surface area contributed by atoms with E-state index in [4.69, 9.17) is 0 Å². The van der Waals surface area contributed by atoms with Crippen LogP contribution >= 0.6 is 0 Å². The summed E-state index contributed by atoms with van der Waals surface area (Å²) in [7, 11) is -6.96. The van der Waals surface area contributed by atoms with E-state index in [1.807, 2.05) is 0 Å². The summed E-state index contributed by atoms with van der Waals surface area (Å²) < 4.78 is 54.6. The van der Waals surface area contributed by atoms with Gasteiger partial charge in [0.15, 0.2) is 0 Å². The van der Waals surface area contributed by atoms with Crippen LogP contribution in [0.15, 0.2) is 28.7 Å². The Labute approximate surface area is 169 Å². The summed E-state index contributed by atoms with van der Waals surface area (Å²) in [4.78, 5) is 0.223. The monoisotopic (exact) mass is 426 g/mol. The van der Waals surface area contributed by atoms with E-state index >= 15 is 0 Å². The molecule has 1 fully saturated rings. The lowest BCUT2D eigenvalue weighted by atomic mass is 9.97.